The lowest BCUT2D eigenvalue weighted by molar-refractivity contribution is 0.115. The van der Waals surface area contributed by atoms with Crippen LogP contribution in [0.25, 0.3) is 5.65 Å². The predicted octanol–water partition coefficient (Wildman–Crippen LogP) is 1.70. The van der Waals surface area contributed by atoms with E-state index in [-0.39, 0.29) is 6.09 Å². The molecule has 1 fully saturated rings. The van der Waals surface area contributed by atoms with E-state index in [9.17, 15) is 4.79 Å². The van der Waals surface area contributed by atoms with Crippen molar-refractivity contribution in [3.63, 3.8) is 0 Å². The van der Waals surface area contributed by atoms with Crippen LogP contribution in [0.1, 0.15) is 19.0 Å². The predicted molar refractivity (Wildman–Crippen MR) is 83.9 cm³/mol. The number of hydrogen-bond donors (Lipinski definition) is 1. The van der Waals surface area contributed by atoms with Gasteiger partial charge in [0.1, 0.15) is 5.65 Å². The summed E-state index contributed by atoms with van der Waals surface area (Å²) in [6.07, 6.45) is 5.73. The van der Waals surface area contributed by atoms with E-state index < -0.39 is 0 Å². The zero-order valence-electron chi connectivity index (χ0n) is 12.9. The van der Waals surface area contributed by atoms with Gasteiger partial charge in [-0.15, -0.1) is 0 Å². The lowest BCUT2D eigenvalue weighted by atomic mass is 10.2. The normalized spacial score (nSPS) is 18.0. The number of carbonyl (C=O) groups is 1. The van der Waals surface area contributed by atoms with Crippen LogP contribution >= 0.6 is 0 Å². The number of nitrogens with one attached hydrogen (secondary N) is 1. The van der Waals surface area contributed by atoms with Crippen molar-refractivity contribution < 1.29 is 9.53 Å². The van der Waals surface area contributed by atoms with E-state index in [2.05, 4.69) is 16.5 Å². The standard InChI is InChI=1S/C16H22N4O2/c1-2-22-16(21)20-10-7-13(11-20)17-8-6-14-12-19-9-4-3-5-15(19)18-14/h3-5,9,12-13,17H,2,6-8,10-11H2,1H3/t13-/m1/s1. The highest BCUT2D eigenvalue weighted by molar-refractivity contribution is 5.68. The minimum absolute atomic E-state index is 0.202. The fourth-order valence-electron chi connectivity index (χ4n) is 2.82. The van der Waals surface area contributed by atoms with Crippen molar-refractivity contribution >= 4 is 11.7 Å². The van der Waals surface area contributed by atoms with E-state index in [1.807, 2.05) is 35.7 Å². The number of likely N-dealkylation sites (tertiary alicyclic amines) is 1. The Kier molecular flexibility index (Phi) is 4.58. The van der Waals surface area contributed by atoms with Gasteiger partial charge in [-0.2, -0.15) is 0 Å². The molecule has 6 heteroatoms. The summed E-state index contributed by atoms with van der Waals surface area (Å²) in [5.74, 6) is 0. The lowest BCUT2D eigenvalue weighted by Gasteiger charge is -2.16. The molecule has 0 unspecified atom stereocenters. The van der Waals surface area contributed by atoms with E-state index in [0.717, 1.165) is 43.8 Å². The summed E-state index contributed by atoms with van der Waals surface area (Å²) in [6.45, 7) is 4.62. The zero-order chi connectivity index (χ0) is 15.4. The smallest absolute Gasteiger partial charge is 0.409 e. The molecule has 3 rings (SSSR count). The van der Waals surface area contributed by atoms with Crippen molar-refractivity contribution in [2.24, 2.45) is 0 Å². The van der Waals surface area contributed by atoms with Gasteiger partial charge in [-0.1, -0.05) is 6.07 Å². The molecule has 2 aromatic heterocycles. The molecule has 0 aromatic carbocycles. The Morgan fingerprint density at radius 2 is 2.41 bits per heavy atom. The van der Waals surface area contributed by atoms with E-state index in [0.29, 0.717) is 12.6 Å². The molecule has 118 valence electrons. The van der Waals surface area contributed by atoms with Crippen LogP contribution in [0.3, 0.4) is 0 Å². The molecule has 1 aliphatic rings. The average Bonchev–Trinajstić information content (AvgIpc) is 3.13. The monoisotopic (exact) mass is 302 g/mol. The van der Waals surface area contributed by atoms with E-state index in [1.165, 1.54) is 0 Å². The molecular formula is C16H22N4O2. The summed E-state index contributed by atoms with van der Waals surface area (Å²) < 4.78 is 7.06. The Morgan fingerprint density at radius 1 is 1.50 bits per heavy atom. The third-order valence-electron chi connectivity index (χ3n) is 3.94. The zero-order valence-corrected chi connectivity index (χ0v) is 12.9. The first-order chi connectivity index (χ1) is 10.8. The van der Waals surface area contributed by atoms with Crippen molar-refractivity contribution in [1.82, 2.24) is 19.6 Å². The Hall–Kier alpha value is -2.08. The quantitative estimate of drug-likeness (QED) is 0.913. The maximum Gasteiger partial charge on any atom is 0.409 e. The van der Waals surface area contributed by atoms with Crippen LogP contribution in [0.2, 0.25) is 0 Å². The van der Waals surface area contributed by atoms with Gasteiger partial charge in [-0.05, 0) is 25.5 Å². The summed E-state index contributed by atoms with van der Waals surface area (Å²) in [5.41, 5.74) is 2.06. The summed E-state index contributed by atoms with van der Waals surface area (Å²) >= 11 is 0. The second-order valence-corrected chi connectivity index (χ2v) is 5.53. The fraction of sp³-hybridized carbons (Fsp3) is 0.500. The number of amides is 1. The molecule has 3 heterocycles. The molecule has 2 aromatic rings. The Morgan fingerprint density at radius 3 is 3.23 bits per heavy atom. The van der Waals surface area contributed by atoms with Gasteiger partial charge in [-0.25, -0.2) is 9.78 Å². The number of pyridine rings is 1. The number of rotatable bonds is 5. The first kappa shape index (κ1) is 14.8. The fourth-order valence-corrected chi connectivity index (χ4v) is 2.82. The van der Waals surface area contributed by atoms with Crippen LogP contribution in [0.15, 0.2) is 30.6 Å². The van der Waals surface area contributed by atoms with E-state index in [4.69, 9.17) is 4.74 Å². The largest absolute Gasteiger partial charge is 0.450 e. The summed E-state index contributed by atoms with van der Waals surface area (Å²) in [7, 11) is 0. The number of fused-ring (bicyclic) bond motifs is 1. The molecular weight excluding hydrogens is 280 g/mol. The van der Waals surface area contributed by atoms with Crippen LogP contribution in [0, 0.1) is 0 Å². The van der Waals surface area contributed by atoms with Gasteiger partial charge in [0.05, 0.1) is 12.3 Å². The van der Waals surface area contributed by atoms with E-state index >= 15 is 0 Å². The molecule has 6 nitrogen and oxygen atoms in total. The van der Waals surface area contributed by atoms with Gasteiger partial charge >= 0.3 is 6.09 Å². The highest BCUT2D eigenvalue weighted by Crippen LogP contribution is 2.11. The summed E-state index contributed by atoms with van der Waals surface area (Å²) in [4.78, 5) is 18.0. The third-order valence-corrected chi connectivity index (χ3v) is 3.94. The third kappa shape index (κ3) is 3.39. The minimum atomic E-state index is -0.202. The van der Waals surface area contributed by atoms with Gasteiger partial charge in [0, 0.05) is 44.5 Å². The van der Waals surface area contributed by atoms with Gasteiger partial charge in [0.2, 0.25) is 0 Å². The number of imidazole rings is 1. The Labute approximate surface area is 130 Å². The molecule has 0 aliphatic carbocycles. The maximum absolute atomic E-state index is 11.6. The lowest BCUT2D eigenvalue weighted by Crippen LogP contribution is -2.36. The van der Waals surface area contributed by atoms with Crippen molar-refractivity contribution in [3.05, 3.63) is 36.3 Å². The highest BCUT2D eigenvalue weighted by atomic mass is 16.6. The molecule has 1 atom stereocenters. The first-order valence-corrected chi connectivity index (χ1v) is 7.84. The minimum Gasteiger partial charge on any atom is -0.450 e. The highest BCUT2D eigenvalue weighted by Gasteiger charge is 2.26. The number of carbonyl (C=O) groups excluding carboxylic acids is 1. The Bertz CT molecular complexity index is 607. The molecule has 1 amide bonds. The molecule has 0 saturated carbocycles. The maximum atomic E-state index is 11.6. The Balaban J connectivity index is 1.44. The number of ether oxygens (including phenoxy) is 1. The topological polar surface area (TPSA) is 58.9 Å². The van der Waals surface area contributed by atoms with Crippen LogP contribution in [0.5, 0.6) is 0 Å². The van der Waals surface area contributed by atoms with Crippen molar-refractivity contribution in [3.8, 4) is 0 Å². The molecule has 0 bridgehead atoms. The van der Waals surface area contributed by atoms with Crippen LogP contribution in [0.4, 0.5) is 4.79 Å². The second kappa shape index (κ2) is 6.79. The molecule has 1 N–H and O–H groups in total. The number of aromatic nitrogens is 2. The number of hydrogen-bond acceptors (Lipinski definition) is 4. The molecule has 1 aliphatic heterocycles. The van der Waals surface area contributed by atoms with Gasteiger partial charge in [0.25, 0.3) is 0 Å². The summed E-state index contributed by atoms with van der Waals surface area (Å²) in [6, 6.07) is 6.35. The molecule has 22 heavy (non-hydrogen) atoms. The van der Waals surface area contributed by atoms with Crippen LogP contribution in [-0.2, 0) is 11.2 Å². The molecule has 1 saturated heterocycles. The first-order valence-electron chi connectivity index (χ1n) is 7.84. The van der Waals surface area contributed by atoms with Gasteiger partial charge in [-0.3, -0.25) is 0 Å². The van der Waals surface area contributed by atoms with Crippen molar-refractivity contribution in [1.29, 1.82) is 0 Å². The summed E-state index contributed by atoms with van der Waals surface area (Å²) in [5, 5.41) is 3.50. The molecule has 0 radical (unpaired) electrons. The van der Waals surface area contributed by atoms with Crippen molar-refractivity contribution in [2.45, 2.75) is 25.8 Å². The van der Waals surface area contributed by atoms with Crippen molar-refractivity contribution in [2.75, 3.05) is 26.2 Å². The van der Waals surface area contributed by atoms with E-state index in [1.54, 1.807) is 4.90 Å². The van der Waals surface area contributed by atoms with Gasteiger partial charge in [0.15, 0.2) is 0 Å². The second-order valence-electron chi connectivity index (χ2n) is 5.53. The SMILES string of the molecule is CCOC(=O)N1CC[C@@H](NCCc2cn3ccccc3n2)C1. The number of nitrogens with zero attached hydrogens (tertiary/aromatic N) is 3. The molecule has 0 spiro atoms. The van der Waals surface area contributed by atoms with Gasteiger partial charge < -0.3 is 19.4 Å². The van der Waals surface area contributed by atoms with Crippen LogP contribution in [-0.4, -0.2) is 52.7 Å². The van der Waals surface area contributed by atoms with Crippen LogP contribution < -0.4 is 5.32 Å². The average molecular weight is 302 g/mol.